The zero-order chi connectivity index (χ0) is 23.5. The lowest BCUT2D eigenvalue weighted by Crippen LogP contribution is -2.03. The highest BCUT2D eigenvalue weighted by molar-refractivity contribution is 7.98. The quantitative estimate of drug-likeness (QED) is 0.338. The van der Waals surface area contributed by atoms with Crippen molar-refractivity contribution in [2.75, 3.05) is 6.26 Å². The molecule has 10 heteroatoms. The van der Waals surface area contributed by atoms with Crippen molar-refractivity contribution in [3.8, 4) is 28.2 Å². The first-order valence-electron chi connectivity index (χ1n) is 10.4. The van der Waals surface area contributed by atoms with E-state index < -0.39 is 9.84 Å². The number of nitrogens with one attached hydrogen (secondary N) is 1. The van der Waals surface area contributed by atoms with Gasteiger partial charge in [0, 0.05) is 17.4 Å². The largest absolute Gasteiger partial charge is 0.332 e. The Bertz CT molecular complexity index is 1460. The van der Waals surface area contributed by atoms with E-state index in [9.17, 15) is 8.42 Å². The lowest BCUT2D eigenvalue weighted by atomic mass is 10.1. The van der Waals surface area contributed by atoms with Crippen molar-refractivity contribution in [1.29, 1.82) is 0 Å². The Morgan fingerprint density at radius 2 is 1.53 bits per heavy atom. The second-order valence-corrected chi connectivity index (χ2v) is 10.5. The van der Waals surface area contributed by atoms with Crippen LogP contribution < -0.4 is 0 Å². The van der Waals surface area contributed by atoms with Crippen LogP contribution >= 0.6 is 11.8 Å². The SMILES string of the molecule is CS(=O)(=O)c1ccc(-n2nnnc2CSc2nc(-c3ccccc3)c(-c3ccccc3)[nH]2)cc1. The minimum absolute atomic E-state index is 0.248. The fourth-order valence-corrected chi connectivity index (χ4v) is 4.91. The van der Waals surface area contributed by atoms with Crippen LogP contribution in [0.2, 0.25) is 0 Å². The molecule has 0 saturated heterocycles. The topological polar surface area (TPSA) is 106 Å². The molecule has 3 aromatic carbocycles. The van der Waals surface area contributed by atoms with Gasteiger partial charge in [-0.3, -0.25) is 0 Å². The molecule has 1 N–H and O–H groups in total. The number of hydrogen-bond donors (Lipinski definition) is 1. The van der Waals surface area contributed by atoms with Gasteiger partial charge in [-0.2, -0.15) is 4.68 Å². The predicted molar refractivity (Wildman–Crippen MR) is 131 cm³/mol. The number of benzene rings is 3. The minimum atomic E-state index is -3.27. The highest BCUT2D eigenvalue weighted by Crippen LogP contribution is 2.33. The van der Waals surface area contributed by atoms with Crippen molar-refractivity contribution >= 4 is 21.6 Å². The van der Waals surface area contributed by atoms with Gasteiger partial charge in [-0.05, 0) is 34.7 Å². The molecule has 5 rings (SSSR count). The molecule has 0 saturated carbocycles. The Morgan fingerprint density at radius 3 is 2.18 bits per heavy atom. The smallest absolute Gasteiger partial charge is 0.175 e. The van der Waals surface area contributed by atoms with E-state index in [4.69, 9.17) is 4.98 Å². The summed E-state index contributed by atoms with van der Waals surface area (Å²) < 4.78 is 25.1. The summed E-state index contributed by atoms with van der Waals surface area (Å²) in [6.07, 6.45) is 1.18. The number of tetrazole rings is 1. The summed E-state index contributed by atoms with van der Waals surface area (Å²) in [5.74, 6) is 1.09. The van der Waals surface area contributed by atoms with E-state index >= 15 is 0 Å². The summed E-state index contributed by atoms with van der Waals surface area (Å²) in [6, 6.07) is 26.6. The summed E-state index contributed by atoms with van der Waals surface area (Å²) >= 11 is 1.49. The summed E-state index contributed by atoms with van der Waals surface area (Å²) in [4.78, 5) is 8.56. The normalized spacial score (nSPS) is 11.6. The summed E-state index contributed by atoms with van der Waals surface area (Å²) in [5, 5.41) is 12.8. The fourth-order valence-electron chi connectivity index (χ4n) is 3.50. The van der Waals surface area contributed by atoms with Crippen molar-refractivity contribution in [2.45, 2.75) is 15.8 Å². The molecule has 0 aliphatic heterocycles. The Morgan fingerprint density at radius 1 is 0.882 bits per heavy atom. The second-order valence-electron chi connectivity index (χ2n) is 7.56. The van der Waals surface area contributed by atoms with Crippen LogP contribution in [-0.2, 0) is 15.6 Å². The Balaban J connectivity index is 1.42. The number of aromatic nitrogens is 6. The average molecular weight is 489 g/mol. The van der Waals surface area contributed by atoms with Gasteiger partial charge in [0.1, 0.15) is 0 Å². The van der Waals surface area contributed by atoms with E-state index in [0.717, 1.165) is 27.7 Å². The lowest BCUT2D eigenvalue weighted by molar-refractivity contribution is 0.602. The highest BCUT2D eigenvalue weighted by atomic mass is 32.2. The third kappa shape index (κ3) is 4.63. The van der Waals surface area contributed by atoms with Gasteiger partial charge in [-0.25, -0.2) is 13.4 Å². The molecule has 0 amide bonds. The maximum absolute atomic E-state index is 11.7. The first kappa shape index (κ1) is 22.1. The van der Waals surface area contributed by atoms with Crippen molar-refractivity contribution in [2.24, 2.45) is 0 Å². The van der Waals surface area contributed by atoms with Crippen LogP contribution in [0.15, 0.2) is 95.0 Å². The predicted octanol–water partition coefficient (Wildman–Crippen LogP) is 4.42. The van der Waals surface area contributed by atoms with Crippen LogP contribution in [0.25, 0.3) is 28.2 Å². The van der Waals surface area contributed by atoms with Gasteiger partial charge in [-0.1, -0.05) is 72.4 Å². The molecule has 2 aromatic heterocycles. The number of aromatic amines is 1. The van der Waals surface area contributed by atoms with Crippen molar-refractivity contribution in [1.82, 2.24) is 30.2 Å². The van der Waals surface area contributed by atoms with Gasteiger partial charge in [0.05, 0.1) is 27.7 Å². The van der Waals surface area contributed by atoms with E-state index in [0.29, 0.717) is 17.3 Å². The molecule has 0 bridgehead atoms. The Labute approximate surface area is 201 Å². The fraction of sp³-hybridized carbons (Fsp3) is 0.0833. The minimum Gasteiger partial charge on any atom is -0.332 e. The molecule has 0 spiro atoms. The number of hydrogen-bond acceptors (Lipinski definition) is 7. The molecular formula is C24H20N6O2S2. The third-order valence-corrected chi connectivity index (χ3v) is 7.17. The first-order chi connectivity index (χ1) is 16.5. The van der Waals surface area contributed by atoms with Gasteiger partial charge >= 0.3 is 0 Å². The highest BCUT2D eigenvalue weighted by Gasteiger charge is 2.16. The zero-order valence-corrected chi connectivity index (χ0v) is 19.8. The molecule has 5 aromatic rings. The van der Waals surface area contributed by atoms with Gasteiger partial charge in [-0.15, -0.1) is 5.10 Å². The average Bonchev–Trinajstić information content (AvgIpc) is 3.51. The molecule has 0 atom stereocenters. The number of nitrogens with zero attached hydrogens (tertiary/aromatic N) is 5. The molecular weight excluding hydrogens is 468 g/mol. The van der Waals surface area contributed by atoms with E-state index in [2.05, 4.69) is 32.6 Å². The van der Waals surface area contributed by atoms with E-state index in [1.54, 1.807) is 28.9 Å². The van der Waals surface area contributed by atoms with E-state index in [1.807, 2.05) is 48.5 Å². The van der Waals surface area contributed by atoms with E-state index in [1.165, 1.54) is 18.0 Å². The maximum Gasteiger partial charge on any atom is 0.175 e. The molecule has 0 aliphatic rings. The van der Waals surface area contributed by atoms with Gasteiger partial charge < -0.3 is 4.98 Å². The lowest BCUT2D eigenvalue weighted by Gasteiger charge is -2.05. The monoisotopic (exact) mass is 488 g/mol. The van der Waals surface area contributed by atoms with Crippen LogP contribution in [0, 0.1) is 0 Å². The number of sulfone groups is 1. The molecule has 34 heavy (non-hydrogen) atoms. The molecule has 0 unspecified atom stereocenters. The molecule has 0 aliphatic carbocycles. The van der Waals surface area contributed by atoms with Crippen LogP contribution in [-0.4, -0.2) is 44.8 Å². The molecule has 0 fully saturated rings. The molecule has 170 valence electrons. The van der Waals surface area contributed by atoms with Crippen LogP contribution in [0.1, 0.15) is 5.82 Å². The zero-order valence-electron chi connectivity index (χ0n) is 18.2. The van der Waals surface area contributed by atoms with E-state index in [-0.39, 0.29) is 4.90 Å². The number of imidazole rings is 1. The van der Waals surface area contributed by atoms with Crippen LogP contribution in [0.4, 0.5) is 0 Å². The number of thioether (sulfide) groups is 1. The van der Waals surface area contributed by atoms with Crippen LogP contribution in [0.3, 0.4) is 0 Å². The molecule has 0 radical (unpaired) electrons. The first-order valence-corrected chi connectivity index (χ1v) is 13.3. The van der Waals surface area contributed by atoms with Gasteiger partial charge in [0.2, 0.25) is 0 Å². The number of rotatable bonds is 7. The second kappa shape index (κ2) is 9.24. The van der Waals surface area contributed by atoms with Gasteiger partial charge in [0.15, 0.2) is 20.8 Å². The third-order valence-electron chi connectivity index (χ3n) is 5.17. The maximum atomic E-state index is 11.7. The molecule has 2 heterocycles. The van der Waals surface area contributed by atoms with Crippen LogP contribution in [0.5, 0.6) is 0 Å². The van der Waals surface area contributed by atoms with Crippen molar-refractivity contribution < 1.29 is 8.42 Å². The van der Waals surface area contributed by atoms with Crippen molar-refractivity contribution in [3.63, 3.8) is 0 Å². The van der Waals surface area contributed by atoms with Gasteiger partial charge in [0.25, 0.3) is 0 Å². The summed E-state index contributed by atoms with van der Waals surface area (Å²) in [5.41, 5.74) is 4.59. The Kier molecular flexibility index (Phi) is 5.99. The standard InChI is InChI=1S/C24H20N6O2S2/c1-34(31,32)20-14-12-19(13-15-20)30-21(27-28-29-30)16-33-24-25-22(17-8-4-2-5-9-17)23(26-24)18-10-6-3-7-11-18/h2-15H,16H2,1H3,(H,25,26). The molecule has 8 nitrogen and oxygen atoms in total. The Hall–Kier alpha value is -3.76. The summed E-state index contributed by atoms with van der Waals surface area (Å²) in [7, 11) is -3.27. The van der Waals surface area contributed by atoms with Crippen molar-refractivity contribution in [3.05, 3.63) is 90.8 Å². The summed E-state index contributed by atoms with van der Waals surface area (Å²) in [6.45, 7) is 0. The number of H-pyrrole nitrogens is 1.